The standard InChI is InChI=1S/C18H29N5O2/c1-13(14-8-4-3-5-9-14)20-16-15(12-19)23(17(24)21(16)2)18(25)22-10-6-7-11-22/h14-15H,1,3-12,19H2,2H3. The predicted molar refractivity (Wildman–Crippen MR) is 97.2 cm³/mol. The van der Waals surface area contributed by atoms with Crippen molar-refractivity contribution in [1.82, 2.24) is 14.7 Å². The van der Waals surface area contributed by atoms with Gasteiger partial charge in [0.1, 0.15) is 11.9 Å². The lowest BCUT2D eigenvalue weighted by Crippen LogP contribution is -2.50. The van der Waals surface area contributed by atoms with Gasteiger partial charge < -0.3 is 10.6 Å². The van der Waals surface area contributed by atoms with E-state index in [-0.39, 0.29) is 18.6 Å². The first kappa shape index (κ1) is 17.9. The summed E-state index contributed by atoms with van der Waals surface area (Å²) < 4.78 is 0. The van der Waals surface area contributed by atoms with E-state index in [1.807, 2.05) is 0 Å². The Balaban J connectivity index is 1.81. The number of aliphatic imine (C=N–C) groups is 1. The number of likely N-dealkylation sites (tertiary alicyclic amines) is 1. The van der Waals surface area contributed by atoms with Crippen LogP contribution in [0.5, 0.6) is 0 Å². The fourth-order valence-corrected chi connectivity index (χ4v) is 4.04. The van der Waals surface area contributed by atoms with Gasteiger partial charge in [0.2, 0.25) is 0 Å². The molecule has 25 heavy (non-hydrogen) atoms. The second-order valence-electron chi connectivity index (χ2n) is 7.24. The number of nitrogens with two attached hydrogens (primary N) is 1. The number of carbonyl (C=O) groups excluding carboxylic acids is 2. The molecule has 0 bridgehead atoms. The predicted octanol–water partition coefficient (Wildman–Crippen LogP) is 2.39. The Morgan fingerprint density at radius 1 is 1.20 bits per heavy atom. The number of imide groups is 1. The third kappa shape index (κ3) is 3.42. The lowest BCUT2D eigenvalue weighted by Gasteiger charge is -2.26. The van der Waals surface area contributed by atoms with Gasteiger partial charge in [-0.05, 0) is 25.7 Å². The van der Waals surface area contributed by atoms with Crippen LogP contribution in [-0.2, 0) is 0 Å². The minimum absolute atomic E-state index is 0.173. The summed E-state index contributed by atoms with van der Waals surface area (Å²) in [7, 11) is 1.66. The van der Waals surface area contributed by atoms with Crippen molar-refractivity contribution in [2.24, 2.45) is 16.6 Å². The molecular weight excluding hydrogens is 318 g/mol. The van der Waals surface area contributed by atoms with Crippen molar-refractivity contribution in [3.63, 3.8) is 0 Å². The zero-order valence-electron chi connectivity index (χ0n) is 15.1. The maximum absolute atomic E-state index is 12.8. The van der Waals surface area contributed by atoms with Crippen LogP contribution in [0.15, 0.2) is 17.3 Å². The van der Waals surface area contributed by atoms with Crippen molar-refractivity contribution in [2.75, 3.05) is 26.7 Å². The molecule has 2 aliphatic heterocycles. The molecule has 0 radical (unpaired) electrons. The van der Waals surface area contributed by atoms with E-state index in [1.54, 1.807) is 11.9 Å². The smallest absolute Gasteiger partial charge is 0.328 e. The number of hydrogen-bond acceptors (Lipinski definition) is 4. The summed E-state index contributed by atoms with van der Waals surface area (Å²) in [5.74, 6) is 0.919. The van der Waals surface area contributed by atoms with Crippen LogP contribution in [0.1, 0.15) is 44.9 Å². The molecule has 1 atom stereocenters. The largest absolute Gasteiger partial charge is 0.334 e. The van der Waals surface area contributed by atoms with Crippen molar-refractivity contribution < 1.29 is 9.59 Å². The summed E-state index contributed by atoms with van der Waals surface area (Å²) in [6.07, 6.45) is 7.81. The third-order valence-electron chi connectivity index (χ3n) is 5.59. The van der Waals surface area contributed by atoms with Gasteiger partial charge in [-0.15, -0.1) is 0 Å². The monoisotopic (exact) mass is 347 g/mol. The highest BCUT2D eigenvalue weighted by atomic mass is 16.2. The summed E-state index contributed by atoms with van der Waals surface area (Å²) in [4.78, 5) is 34.6. The highest BCUT2D eigenvalue weighted by Gasteiger charge is 2.46. The van der Waals surface area contributed by atoms with Crippen LogP contribution in [0.2, 0.25) is 0 Å². The van der Waals surface area contributed by atoms with Gasteiger partial charge in [0.05, 0.1) is 0 Å². The molecule has 0 aromatic carbocycles. The van der Waals surface area contributed by atoms with E-state index >= 15 is 0 Å². The Hall–Kier alpha value is -1.89. The maximum atomic E-state index is 12.8. The van der Waals surface area contributed by atoms with E-state index in [1.165, 1.54) is 29.1 Å². The van der Waals surface area contributed by atoms with E-state index in [9.17, 15) is 9.59 Å². The van der Waals surface area contributed by atoms with Crippen LogP contribution < -0.4 is 5.73 Å². The van der Waals surface area contributed by atoms with Crippen molar-refractivity contribution in [3.05, 3.63) is 12.3 Å². The summed E-state index contributed by atoms with van der Waals surface area (Å²) in [6.45, 7) is 5.71. The van der Waals surface area contributed by atoms with E-state index in [4.69, 9.17) is 5.73 Å². The highest BCUT2D eigenvalue weighted by molar-refractivity contribution is 6.13. The van der Waals surface area contributed by atoms with Gasteiger partial charge in [0.25, 0.3) is 0 Å². The topological polar surface area (TPSA) is 82.2 Å². The molecule has 2 N–H and O–H groups in total. The van der Waals surface area contributed by atoms with Crippen LogP contribution >= 0.6 is 0 Å². The molecule has 1 saturated carbocycles. The molecule has 2 saturated heterocycles. The fraction of sp³-hybridized carbons (Fsp3) is 0.722. The summed E-state index contributed by atoms with van der Waals surface area (Å²) in [5.41, 5.74) is 6.74. The Kier molecular flexibility index (Phi) is 5.42. The van der Waals surface area contributed by atoms with Gasteiger partial charge in [-0.3, -0.25) is 4.90 Å². The number of carbonyl (C=O) groups is 2. The first-order valence-corrected chi connectivity index (χ1v) is 9.38. The molecule has 3 rings (SSSR count). The zero-order valence-corrected chi connectivity index (χ0v) is 15.1. The summed E-state index contributed by atoms with van der Waals surface area (Å²) in [5, 5.41) is 0. The van der Waals surface area contributed by atoms with Gasteiger partial charge in [-0.2, -0.15) is 0 Å². The van der Waals surface area contributed by atoms with Crippen LogP contribution in [-0.4, -0.2) is 65.3 Å². The molecule has 0 spiro atoms. The Morgan fingerprint density at radius 3 is 2.44 bits per heavy atom. The highest BCUT2D eigenvalue weighted by Crippen LogP contribution is 2.31. The molecular formula is C18H29N5O2. The summed E-state index contributed by atoms with van der Waals surface area (Å²) >= 11 is 0. The average molecular weight is 347 g/mol. The summed E-state index contributed by atoms with van der Waals surface area (Å²) in [6, 6.07) is -1.10. The zero-order chi connectivity index (χ0) is 18.0. The quantitative estimate of drug-likeness (QED) is 0.851. The van der Waals surface area contributed by atoms with E-state index < -0.39 is 6.04 Å². The second-order valence-corrected chi connectivity index (χ2v) is 7.24. The minimum atomic E-state index is -0.508. The lowest BCUT2D eigenvalue weighted by molar-refractivity contribution is 0.159. The Bertz CT molecular complexity index is 576. The van der Waals surface area contributed by atoms with Gasteiger partial charge >= 0.3 is 12.1 Å². The first-order valence-electron chi connectivity index (χ1n) is 9.38. The van der Waals surface area contributed by atoms with Crippen molar-refractivity contribution in [2.45, 2.75) is 51.0 Å². The molecule has 0 aromatic rings. The maximum Gasteiger partial charge on any atom is 0.334 e. The van der Waals surface area contributed by atoms with E-state index in [0.717, 1.165) is 31.4 Å². The average Bonchev–Trinajstić information content (AvgIpc) is 3.25. The van der Waals surface area contributed by atoms with Crippen molar-refractivity contribution in [1.29, 1.82) is 0 Å². The molecule has 7 heteroatoms. The molecule has 3 fully saturated rings. The van der Waals surface area contributed by atoms with Gasteiger partial charge in [-0.1, -0.05) is 25.8 Å². The van der Waals surface area contributed by atoms with Gasteiger partial charge in [0, 0.05) is 38.3 Å². The molecule has 1 aliphatic carbocycles. The van der Waals surface area contributed by atoms with Crippen LogP contribution in [0.3, 0.4) is 0 Å². The van der Waals surface area contributed by atoms with Crippen molar-refractivity contribution in [3.8, 4) is 0 Å². The molecule has 7 nitrogen and oxygen atoms in total. The number of rotatable bonds is 3. The number of amidine groups is 1. The van der Waals surface area contributed by atoms with Crippen LogP contribution in [0.4, 0.5) is 9.59 Å². The van der Waals surface area contributed by atoms with Crippen LogP contribution in [0.25, 0.3) is 0 Å². The molecule has 2 heterocycles. The number of amides is 4. The minimum Gasteiger partial charge on any atom is -0.328 e. The number of allylic oxidation sites excluding steroid dienone is 1. The van der Waals surface area contributed by atoms with Gasteiger partial charge in [0.15, 0.2) is 0 Å². The van der Waals surface area contributed by atoms with Gasteiger partial charge in [-0.25, -0.2) is 19.5 Å². The molecule has 4 amide bonds. The SMILES string of the molecule is C=C(N=C1C(CN)N(C(=O)N2CCCC2)C(=O)N1C)C1CCCCC1. The number of hydrogen-bond donors (Lipinski definition) is 1. The fourth-order valence-electron chi connectivity index (χ4n) is 4.04. The molecule has 3 aliphatic rings. The van der Waals surface area contributed by atoms with Crippen LogP contribution in [0, 0.1) is 5.92 Å². The first-order chi connectivity index (χ1) is 12.0. The molecule has 138 valence electrons. The second kappa shape index (κ2) is 7.56. The number of likely N-dealkylation sites (N-methyl/N-ethyl adjacent to an activating group) is 1. The molecule has 1 unspecified atom stereocenters. The van der Waals surface area contributed by atoms with E-state index in [2.05, 4.69) is 11.6 Å². The van der Waals surface area contributed by atoms with Crippen molar-refractivity contribution >= 4 is 17.9 Å². The normalized spacial score (nSPS) is 26.8. The third-order valence-corrected chi connectivity index (χ3v) is 5.59. The number of urea groups is 2. The molecule has 0 aromatic heterocycles. The van der Waals surface area contributed by atoms with E-state index in [0.29, 0.717) is 24.8 Å². The number of nitrogens with zero attached hydrogens (tertiary/aromatic N) is 4. The lowest BCUT2D eigenvalue weighted by atomic mass is 9.87. The Labute approximate surface area is 149 Å². The Morgan fingerprint density at radius 2 is 1.84 bits per heavy atom.